The molecule has 0 spiro atoms. The molecule has 1 N–H and O–H groups in total. The molecule has 32 heavy (non-hydrogen) atoms. The van der Waals surface area contributed by atoms with Gasteiger partial charge in [0.25, 0.3) is 5.91 Å². The van der Waals surface area contributed by atoms with Crippen molar-refractivity contribution in [2.45, 2.75) is 19.8 Å². The maximum Gasteiger partial charge on any atom is 0.253 e. The molecule has 2 aromatic heterocycles. The topological polar surface area (TPSA) is 52.2 Å². The van der Waals surface area contributed by atoms with E-state index in [1.54, 1.807) is 19.0 Å². The van der Waals surface area contributed by atoms with Crippen LogP contribution in [0.1, 0.15) is 28.8 Å². The van der Waals surface area contributed by atoms with Gasteiger partial charge in [-0.15, -0.1) is 0 Å². The smallest absolute Gasteiger partial charge is 0.253 e. The van der Waals surface area contributed by atoms with Crippen molar-refractivity contribution in [2.75, 3.05) is 32.1 Å². The molecule has 1 aliphatic heterocycles. The Morgan fingerprint density at radius 1 is 0.969 bits per heavy atom. The molecule has 1 amide bonds. The molecule has 0 radical (unpaired) electrons. The largest absolute Gasteiger partial charge is 0.371 e. The van der Waals surface area contributed by atoms with E-state index in [9.17, 15) is 4.79 Å². The van der Waals surface area contributed by atoms with Gasteiger partial charge in [0.1, 0.15) is 5.65 Å². The predicted molar refractivity (Wildman–Crippen MR) is 131 cm³/mol. The van der Waals surface area contributed by atoms with Crippen LogP contribution in [0.2, 0.25) is 0 Å². The summed E-state index contributed by atoms with van der Waals surface area (Å²) in [5, 5.41) is 1.08. The molecule has 1 saturated heterocycles. The Kier molecular flexibility index (Phi) is 5.17. The minimum Gasteiger partial charge on any atom is -0.371 e. The third-order valence-electron chi connectivity index (χ3n) is 6.36. The number of aromatic amines is 1. The average molecular weight is 425 g/mol. The minimum absolute atomic E-state index is 0.00665. The van der Waals surface area contributed by atoms with Crippen molar-refractivity contribution < 1.29 is 4.79 Å². The summed E-state index contributed by atoms with van der Waals surface area (Å²) in [7, 11) is 3.53. The van der Waals surface area contributed by atoms with Crippen molar-refractivity contribution in [1.82, 2.24) is 14.9 Å². The van der Waals surface area contributed by atoms with Crippen molar-refractivity contribution in [3.05, 3.63) is 72.1 Å². The summed E-state index contributed by atoms with van der Waals surface area (Å²) in [6.45, 7) is 4.50. The highest BCUT2D eigenvalue weighted by Gasteiger charge is 2.16. The number of carbonyl (C=O) groups is 1. The maximum absolute atomic E-state index is 12.2. The van der Waals surface area contributed by atoms with E-state index in [0.717, 1.165) is 40.8 Å². The van der Waals surface area contributed by atoms with Gasteiger partial charge in [-0.25, -0.2) is 4.98 Å². The van der Waals surface area contributed by atoms with Gasteiger partial charge in [0.05, 0.1) is 0 Å². The highest BCUT2D eigenvalue weighted by Crippen LogP contribution is 2.33. The van der Waals surface area contributed by atoms with Crippen molar-refractivity contribution >= 4 is 22.6 Å². The predicted octanol–water partition coefficient (Wildman–Crippen LogP) is 5.51. The molecule has 4 aromatic rings. The summed E-state index contributed by atoms with van der Waals surface area (Å²) in [5.74, 6) is 0.00665. The number of hydrogen-bond acceptors (Lipinski definition) is 3. The first-order valence-electron chi connectivity index (χ1n) is 11.2. The fraction of sp³-hybridized carbons (Fsp3) is 0.259. The molecule has 5 rings (SSSR count). The van der Waals surface area contributed by atoms with Crippen molar-refractivity contribution in [2.24, 2.45) is 0 Å². The minimum atomic E-state index is 0.00665. The van der Waals surface area contributed by atoms with E-state index in [-0.39, 0.29) is 5.91 Å². The number of hydrogen-bond donors (Lipinski definition) is 1. The zero-order valence-electron chi connectivity index (χ0n) is 18.9. The SMILES string of the molecule is Cc1cc(-c2cnc3[nH]cc(-c4ccc(C(=O)N(C)C)cc4)c3c2)ccc1N1CCCC1. The molecular weight excluding hydrogens is 396 g/mol. The lowest BCUT2D eigenvalue weighted by molar-refractivity contribution is 0.0827. The molecule has 0 atom stereocenters. The zero-order chi connectivity index (χ0) is 22.2. The number of benzene rings is 2. The van der Waals surface area contributed by atoms with Crippen molar-refractivity contribution in [1.29, 1.82) is 0 Å². The summed E-state index contributed by atoms with van der Waals surface area (Å²) in [6.07, 6.45) is 6.49. The lowest BCUT2D eigenvalue weighted by atomic mass is 10.00. The van der Waals surface area contributed by atoms with Crippen LogP contribution < -0.4 is 4.90 Å². The molecule has 2 aromatic carbocycles. The van der Waals surface area contributed by atoms with E-state index in [2.05, 4.69) is 46.1 Å². The Bertz CT molecular complexity index is 1280. The van der Waals surface area contributed by atoms with Crippen LogP contribution in [0, 0.1) is 6.92 Å². The second-order valence-corrected chi connectivity index (χ2v) is 8.79. The number of H-pyrrole nitrogens is 1. The number of aryl methyl sites for hydroxylation is 1. The lowest BCUT2D eigenvalue weighted by Gasteiger charge is -2.20. The first-order valence-corrected chi connectivity index (χ1v) is 11.2. The van der Waals surface area contributed by atoms with Crippen molar-refractivity contribution in [3.8, 4) is 22.3 Å². The zero-order valence-corrected chi connectivity index (χ0v) is 18.9. The second-order valence-electron chi connectivity index (χ2n) is 8.79. The molecule has 1 fully saturated rings. The van der Waals surface area contributed by atoms with E-state index >= 15 is 0 Å². The Labute approximate surface area is 188 Å². The molecule has 0 bridgehead atoms. The third-order valence-corrected chi connectivity index (χ3v) is 6.36. The number of nitrogens with zero attached hydrogens (tertiary/aromatic N) is 3. The number of fused-ring (bicyclic) bond motifs is 1. The summed E-state index contributed by atoms with van der Waals surface area (Å²) in [6, 6.07) is 16.7. The summed E-state index contributed by atoms with van der Waals surface area (Å²) in [4.78, 5) is 24.2. The van der Waals surface area contributed by atoms with Gasteiger partial charge in [-0.1, -0.05) is 18.2 Å². The summed E-state index contributed by atoms with van der Waals surface area (Å²) >= 11 is 0. The number of aromatic nitrogens is 2. The van der Waals surface area contributed by atoms with Crippen LogP contribution in [0.15, 0.2) is 60.9 Å². The highest BCUT2D eigenvalue weighted by atomic mass is 16.2. The molecular formula is C27H28N4O. The van der Waals surface area contributed by atoms with E-state index in [1.165, 1.54) is 29.7 Å². The molecule has 0 unspecified atom stereocenters. The van der Waals surface area contributed by atoms with E-state index in [1.807, 2.05) is 36.7 Å². The van der Waals surface area contributed by atoms with Gasteiger partial charge in [0.15, 0.2) is 0 Å². The fourth-order valence-electron chi connectivity index (χ4n) is 4.60. The molecule has 0 aliphatic carbocycles. The molecule has 3 heterocycles. The first-order chi connectivity index (χ1) is 15.5. The number of nitrogens with one attached hydrogen (secondary N) is 1. The van der Waals surface area contributed by atoms with E-state index in [4.69, 9.17) is 0 Å². The van der Waals surface area contributed by atoms with Crippen LogP contribution in [-0.4, -0.2) is 48.0 Å². The Morgan fingerprint density at radius 2 is 1.69 bits per heavy atom. The number of rotatable bonds is 4. The normalized spacial score (nSPS) is 13.7. The number of pyridine rings is 1. The number of anilines is 1. The van der Waals surface area contributed by atoms with Gasteiger partial charge in [0, 0.05) is 67.3 Å². The van der Waals surface area contributed by atoms with E-state index < -0.39 is 0 Å². The third kappa shape index (κ3) is 3.64. The first kappa shape index (κ1) is 20.3. The monoisotopic (exact) mass is 424 g/mol. The highest BCUT2D eigenvalue weighted by molar-refractivity contribution is 5.98. The van der Waals surface area contributed by atoms with Gasteiger partial charge < -0.3 is 14.8 Å². The summed E-state index contributed by atoms with van der Waals surface area (Å²) in [5.41, 5.74) is 8.63. The fourth-order valence-corrected chi connectivity index (χ4v) is 4.60. The van der Waals surface area contributed by atoms with Gasteiger partial charge >= 0.3 is 0 Å². The Morgan fingerprint density at radius 3 is 2.38 bits per heavy atom. The quantitative estimate of drug-likeness (QED) is 0.470. The van der Waals surface area contributed by atoms with Crippen LogP contribution in [0.5, 0.6) is 0 Å². The second kappa shape index (κ2) is 8.15. The Hall–Kier alpha value is -3.60. The molecule has 162 valence electrons. The van der Waals surface area contributed by atoms with Gasteiger partial charge in [-0.05, 0) is 66.8 Å². The van der Waals surface area contributed by atoms with Crippen LogP contribution in [0.3, 0.4) is 0 Å². The van der Waals surface area contributed by atoms with Gasteiger partial charge in [-0.2, -0.15) is 0 Å². The van der Waals surface area contributed by atoms with Crippen LogP contribution in [0.4, 0.5) is 5.69 Å². The molecule has 0 saturated carbocycles. The van der Waals surface area contributed by atoms with Gasteiger partial charge in [0.2, 0.25) is 0 Å². The van der Waals surface area contributed by atoms with Gasteiger partial charge in [-0.3, -0.25) is 4.79 Å². The van der Waals surface area contributed by atoms with Crippen LogP contribution >= 0.6 is 0 Å². The number of amides is 1. The maximum atomic E-state index is 12.2. The summed E-state index contributed by atoms with van der Waals surface area (Å²) < 4.78 is 0. The Balaban J connectivity index is 1.49. The van der Waals surface area contributed by atoms with Crippen LogP contribution in [-0.2, 0) is 0 Å². The van der Waals surface area contributed by atoms with Crippen molar-refractivity contribution in [3.63, 3.8) is 0 Å². The van der Waals surface area contributed by atoms with E-state index in [0.29, 0.717) is 5.56 Å². The lowest BCUT2D eigenvalue weighted by Crippen LogP contribution is -2.21. The number of carbonyl (C=O) groups excluding carboxylic acids is 1. The molecule has 1 aliphatic rings. The average Bonchev–Trinajstić information content (AvgIpc) is 3.48. The molecule has 5 nitrogen and oxygen atoms in total. The standard InChI is InChI=1S/C27H28N4O/c1-18-14-21(10-11-25(18)31-12-4-5-13-31)22-15-23-24(17-29-26(23)28-16-22)19-6-8-20(9-7-19)27(32)30(2)3/h6-11,14-17H,4-5,12-13H2,1-3H3,(H,28,29). The van der Waals surface area contributed by atoms with Crippen LogP contribution in [0.25, 0.3) is 33.3 Å². The molecule has 5 heteroatoms.